The zero-order valence-electron chi connectivity index (χ0n) is 14.9. The highest BCUT2D eigenvalue weighted by molar-refractivity contribution is 7.09. The number of hydrogen-bond acceptors (Lipinski definition) is 10. The molecule has 0 aliphatic rings. The molecule has 4 aromatic rings. The van der Waals surface area contributed by atoms with E-state index in [1.165, 1.54) is 0 Å². The molecule has 0 saturated heterocycles. The third-order valence-electron chi connectivity index (χ3n) is 3.97. The molecule has 0 radical (unpaired) electrons. The molecule has 0 spiro atoms. The Morgan fingerprint density at radius 1 is 1.00 bits per heavy atom. The topological polar surface area (TPSA) is 127 Å². The van der Waals surface area contributed by atoms with Crippen LogP contribution in [0.5, 0.6) is 0 Å². The molecule has 0 fully saturated rings. The zero-order chi connectivity index (χ0) is 19.7. The summed E-state index contributed by atoms with van der Waals surface area (Å²) in [6.45, 7) is 1.75. The number of nitrogens with one attached hydrogen (secondary N) is 2. The third-order valence-corrected chi connectivity index (χ3v) is 4.68. The first kappa shape index (κ1) is 17.7. The first-order valence-corrected chi connectivity index (χ1v) is 8.96. The van der Waals surface area contributed by atoms with Crippen molar-refractivity contribution in [2.24, 2.45) is 17.3 Å². The Kier molecular flexibility index (Phi) is 4.49. The van der Waals surface area contributed by atoms with E-state index >= 15 is 0 Å². The van der Waals surface area contributed by atoms with Crippen molar-refractivity contribution in [1.29, 1.82) is 0 Å². The summed E-state index contributed by atoms with van der Waals surface area (Å²) in [6, 6.07) is 8.66. The quantitative estimate of drug-likeness (QED) is 0.373. The minimum atomic E-state index is -0.752. The van der Waals surface area contributed by atoms with Gasteiger partial charge in [0.05, 0.1) is 6.20 Å². The summed E-state index contributed by atoms with van der Waals surface area (Å²) in [5, 5.41) is 13.8. The molecule has 0 amide bonds. The molecular formula is C17H14N8O2S. The molecule has 10 nitrogen and oxygen atoms in total. The molecule has 0 unspecified atom stereocenters. The fraction of sp³-hybridized carbons (Fsp3) is 0.118. The van der Waals surface area contributed by atoms with Crippen LogP contribution < -0.4 is 32.4 Å². The highest BCUT2D eigenvalue weighted by Crippen LogP contribution is 2.09. The summed E-state index contributed by atoms with van der Waals surface area (Å²) in [4.78, 5) is 29.5. The molecule has 0 atom stereocenters. The van der Waals surface area contributed by atoms with Gasteiger partial charge in [-0.2, -0.15) is 19.7 Å². The maximum atomic E-state index is 12.7. The molecule has 0 aliphatic carbocycles. The number of anilines is 2. The van der Waals surface area contributed by atoms with Crippen LogP contribution in [0.2, 0.25) is 0 Å². The van der Waals surface area contributed by atoms with Gasteiger partial charge in [-0.1, -0.05) is 24.3 Å². The predicted molar refractivity (Wildman–Crippen MR) is 105 cm³/mol. The monoisotopic (exact) mass is 394 g/mol. The lowest BCUT2D eigenvalue weighted by molar-refractivity contribution is 0.770. The molecule has 0 saturated carbocycles. The van der Waals surface area contributed by atoms with Gasteiger partial charge < -0.3 is 0 Å². The van der Waals surface area contributed by atoms with Crippen molar-refractivity contribution < 1.29 is 0 Å². The van der Waals surface area contributed by atoms with Crippen LogP contribution in [0.1, 0.15) is 5.82 Å². The number of nitrogens with zero attached hydrogens (tertiary/aromatic N) is 6. The Morgan fingerprint density at radius 3 is 2.18 bits per heavy atom. The van der Waals surface area contributed by atoms with Gasteiger partial charge in [0.15, 0.2) is 0 Å². The Bertz CT molecular complexity index is 1400. The second-order valence-corrected chi connectivity index (χ2v) is 6.59. The fourth-order valence-corrected chi connectivity index (χ4v) is 3.14. The molecule has 2 aromatic carbocycles. The second-order valence-electron chi connectivity index (χ2n) is 5.84. The maximum Gasteiger partial charge on any atom is 0.256 e. The van der Waals surface area contributed by atoms with Gasteiger partial charge in [-0.05, 0) is 6.92 Å². The van der Waals surface area contributed by atoms with Crippen LogP contribution >= 0.6 is 11.5 Å². The number of benzene rings is 2. The molecule has 0 aliphatic heterocycles. The molecule has 0 bridgehead atoms. The van der Waals surface area contributed by atoms with Crippen molar-refractivity contribution >= 4 is 33.3 Å². The van der Waals surface area contributed by atoms with Gasteiger partial charge in [0.25, 0.3) is 10.9 Å². The first-order chi connectivity index (χ1) is 13.5. The van der Waals surface area contributed by atoms with Crippen LogP contribution in [-0.2, 0) is 7.05 Å². The summed E-state index contributed by atoms with van der Waals surface area (Å²) in [5.74, 6) is 1.17. The van der Waals surface area contributed by atoms with E-state index in [0.29, 0.717) is 27.5 Å². The zero-order valence-corrected chi connectivity index (χ0v) is 15.7. The summed E-state index contributed by atoms with van der Waals surface area (Å²) in [6.07, 6.45) is 1.59. The lowest BCUT2D eigenvalue weighted by Crippen LogP contribution is -2.48. The van der Waals surface area contributed by atoms with Crippen LogP contribution in [0, 0.1) is 6.92 Å². The highest BCUT2D eigenvalue weighted by atomic mass is 32.1. The van der Waals surface area contributed by atoms with E-state index in [1.54, 1.807) is 55.2 Å². The van der Waals surface area contributed by atoms with E-state index in [4.69, 9.17) is 0 Å². The van der Waals surface area contributed by atoms with Crippen LogP contribution in [-0.4, -0.2) is 19.1 Å². The van der Waals surface area contributed by atoms with E-state index in [0.717, 1.165) is 11.5 Å². The molecule has 11 heteroatoms. The molecular weight excluding hydrogens is 380 g/mol. The highest BCUT2D eigenvalue weighted by Gasteiger charge is 2.10. The maximum absolute atomic E-state index is 12.7. The van der Waals surface area contributed by atoms with Crippen LogP contribution in [0.25, 0.3) is 10.8 Å². The second kappa shape index (κ2) is 7.12. The Balaban J connectivity index is 1.90. The lowest BCUT2D eigenvalue weighted by atomic mass is 10.1. The average molecular weight is 394 g/mol. The summed E-state index contributed by atoms with van der Waals surface area (Å²) in [7, 11) is 1.73. The van der Waals surface area contributed by atoms with Crippen molar-refractivity contribution in [3.63, 3.8) is 0 Å². The number of aromatic nitrogens is 4. The molecule has 28 heavy (non-hydrogen) atoms. The smallest absolute Gasteiger partial charge is 0.256 e. The van der Waals surface area contributed by atoms with Crippen molar-refractivity contribution in [3.8, 4) is 0 Å². The molecule has 140 valence electrons. The first-order valence-electron chi connectivity index (χ1n) is 8.19. The van der Waals surface area contributed by atoms with E-state index in [-0.39, 0.29) is 10.7 Å². The van der Waals surface area contributed by atoms with Crippen molar-refractivity contribution in [3.05, 3.63) is 73.5 Å². The summed E-state index contributed by atoms with van der Waals surface area (Å²) >= 11 is 1.11. The van der Waals surface area contributed by atoms with Crippen molar-refractivity contribution in [2.75, 3.05) is 10.9 Å². The van der Waals surface area contributed by atoms with Gasteiger partial charge >= 0.3 is 0 Å². The normalized spacial score (nSPS) is 12.6. The predicted octanol–water partition coefficient (Wildman–Crippen LogP) is 0.185. The SMILES string of the molecule is Cc1nsc(N/N=c2/c(=O)c(=O)/c(=N\Nc3ccnn3C)c3ccccc23)n1. The summed E-state index contributed by atoms with van der Waals surface area (Å²) < 4.78 is 5.60. The third kappa shape index (κ3) is 3.18. The van der Waals surface area contributed by atoms with E-state index in [1.807, 2.05) is 0 Å². The average Bonchev–Trinajstić information content (AvgIpc) is 3.30. The summed E-state index contributed by atoms with van der Waals surface area (Å²) in [5.41, 5.74) is 3.97. The van der Waals surface area contributed by atoms with Crippen LogP contribution in [0.4, 0.5) is 10.9 Å². The van der Waals surface area contributed by atoms with Gasteiger partial charge in [-0.3, -0.25) is 25.1 Å². The number of hydrogen-bond donors (Lipinski definition) is 2. The van der Waals surface area contributed by atoms with Gasteiger partial charge in [0.1, 0.15) is 22.4 Å². The Labute approximate surface area is 161 Å². The molecule has 2 aromatic heterocycles. The molecule has 2 N–H and O–H groups in total. The van der Waals surface area contributed by atoms with Gasteiger partial charge in [-0.25, -0.2) is 4.98 Å². The van der Waals surface area contributed by atoms with Gasteiger partial charge in [-0.15, -0.1) is 0 Å². The number of fused-ring (bicyclic) bond motifs is 1. The van der Waals surface area contributed by atoms with Crippen LogP contribution in [0.15, 0.2) is 56.3 Å². The van der Waals surface area contributed by atoms with Gasteiger partial charge in [0.2, 0.25) is 5.13 Å². The van der Waals surface area contributed by atoms with E-state index in [9.17, 15) is 9.59 Å². The standard InChI is InChI=1S/C17H14N8O2S/c1-9-19-17(28-24-9)23-22-14-11-6-4-3-5-10(11)13(15(26)16(14)27)21-20-12-7-8-18-25(12)2/h3-8,20H,1-2H3,(H,19,23,24)/b21-13-,22-14+. The van der Waals surface area contributed by atoms with Crippen molar-refractivity contribution in [1.82, 2.24) is 19.1 Å². The minimum absolute atomic E-state index is 0.00735. The van der Waals surface area contributed by atoms with Crippen LogP contribution in [0.3, 0.4) is 0 Å². The molecule has 4 rings (SSSR count). The van der Waals surface area contributed by atoms with E-state index < -0.39 is 10.9 Å². The number of aryl methyl sites for hydroxylation is 2. The van der Waals surface area contributed by atoms with Gasteiger partial charge in [0, 0.05) is 35.4 Å². The number of rotatable bonds is 4. The Hall–Kier alpha value is -3.73. The fourth-order valence-electron chi connectivity index (χ4n) is 2.62. The minimum Gasteiger partial charge on any atom is -0.283 e. The largest absolute Gasteiger partial charge is 0.283 e. The lowest BCUT2D eigenvalue weighted by Gasteiger charge is -2.01. The molecule has 2 heterocycles. The van der Waals surface area contributed by atoms with Crippen molar-refractivity contribution in [2.45, 2.75) is 6.92 Å². The van der Waals surface area contributed by atoms with E-state index in [2.05, 4.69) is 35.5 Å². The Morgan fingerprint density at radius 2 is 1.64 bits per heavy atom.